The fourth-order valence-corrected chi connectivity index (χ4v) is 4.44. The SMILES string of the molecule is CC(C)NS(=O)(=O)Cc1ccc(CNC(=O)CNC(=O)c2cc(-c3ccccc3)on2)cc1. The van der Waals surface area contributed by atoms with Crippen molar-refractivity contribution < 1.29 is 22.5 Å². The first kappa shape index (κ1) is 24.1. The quantitative estimate of drug-likeness (QED) is 0.416. The van der Waals surface area contributed by atoms with Gasteiger partial charge in [0.05, 0.1) is 12.3 Å². The number of hydrogen-bond donors (Lipinski definition) is 3. The summed E-state index contributed by atoms with van der Waals surface area (Å²) in [5.74, 6) is -0.543. The summed E-state index contributed by atoms with van der Waals surface area (Å²) in [5, 5.41) is 8.95. The highest BCUT2D eigenvalue weighted by molar-refractivity contribution is 7.88. The topological polar surface area (TPSA) is 130 Å². The monoisotopic (exact) mass is 470 g/mol. The van der Waals surface area contributed by atoms with Gasteiger partial charge >= 0.3 is 0 Å². The van der Waals surface area contributed by atoms with E-state index in [4.69, 9.17) is 4.52 Å². The molecule has 0 atom stereocenters. The van der Waals surface area contributed by atoms with Crippen molar-refractivity contribution in [2.75, 3.05) is 6.54 Å². The number of carbonyl (C=O) groups excluding carboxylic acids is 2. The summed E-state index contributed by atoms with van der Waals surface area (Å²) in [6.07, 6.45) is 0. The van der Waals surface area contributed by atoms with E-state index in [1.165, 1.54) is 6.07 Å². The molecule has 9 nitrogen and oxygen atoms in total. The second-order valence-corrected chi connectivity index (χ2v) is 9.50. The fraction of sp³-hybridized carbons (Fsp3) is 0.261. The van der Waals surface area contributed by atoms with Crippen LogP contribution in [-0.2, 0) is 27.1 Å². The van der Waals surface area contributed by atoms with Gasteiger partial charge in [0, 0.05) is 24.2 Å². The lowest BCUT2D eigenvalue weighted by Gasteiger charge is -2.10. The van der Waals surface area contributed by atoms with Crippen LogP contribution in [0.15, 0.2) is 65.2 Å². The van der Waals surface area contributed by atoms with Crippen molar-refractivity contribution in [2.24, 2.45) is 0 Å². The molecule has 2 aromatic carbocycles. The maximum absolute atomic E-state index is 12.2. The number of amides is 2. The minimum atomic E-state index is -3.40. The lowest BCUT2D eigenvalue weighted by Crippen LogP contribution is -2.36. The van der Waals surface area contributed by atoms with E-state index in [9.17, 15) is 18.0 Å². The van der Waals surface area contributed by atoms with Gasteiger partial charge in [-0.1, -0.05) is 59.8 Å². The summed E-state index contributed by atoms with van der Waals surface area (Å²) in [6.45, 7) is 3.55. The molecule has 2 amide bonds. The van der Waals surface area contributed by atoms with Gasteiger partial charge in [-0.25, -0.2) is 13.1 Å². The van der Waals surface area contributed by atoms with Crippen LogP contribution in [0.3, 0.4) is 0 Å². The average molecular weight is 471 g/mol. The Hall–Kier alpha value is -3.50. The maximum Gasteiger partial charge on any atom is 0.273 e. The maximum atomic E-state index is 12.2. The summed E-state index contributed by atoms with van der Waals surface area (Å²) < 4.78 is 31.7. The Morgan fingerprint density at radius 2 is 1.64 bits per heavy atom. The fourth-order valence-electron chi connectivity index (χ4n) is 3.01. The zero-order valence-electron chi connectivity index (χ0n) is 18.4. The molecule has 0 saturated heterocycles. The number of rotatable bonds is 10. The van der Waals surface area contributed by atoms with Crippen molar-refractivity contribution in [1.29, 1.82) is 0 Å². The van der Waals surface area contributed by atoms with Gasteiger partial charge in [-0.2, -0.15) is 0 Å². The molecule has 33 heavy (non-hydrogen) atoms. The third-order valence-corrected chi connectivity index (χ3v) is 6.04. The van der Waals surface area contributed by atoms with E-state index in [2.05, 4.69) is 20.5 Å². The molecule has 3 rings (SSSR count). The van der Waals surface area contributed by atoms with Crippen LogP contribution in [-0.4, -0.2) is 38.0 Å². The molecule has 174 valence electrons. The van der Waals surface area contributed by atoms with Gasteiger partial charge in [0.15, 0.2) is 11.5 Å². The van der Waals surface area contributed by atoms with Crippen molar-refractivity contribution >= 4 is 21.8 Å². The van der Waals surface area contributed by atoms with Gasteiger partial charge in [0.1, 0.15) is 0 Å². The average Bonchev–Trinajstić information content (AvgIpc) is 3.27. The largest absolute Gasteiger partial charge is 0.355 e. The molecule has 1 aromatic heterocycles. The third kappa shape index (κ3) is 7.55. The van der Waals surface area contributed by atoms with Crippen LogP contribution in [0.25, 0.3) is 11.3 Å². The molecular formula is C23H26N4O5S. The van der Waals surface area contributed by atoms with Crippen LogP contribution in [0.1, 0.15) is 35.5 Å². The van der Waals surface area contributed by atoms with Crippen molar-refractivity contribution in [3.05, 3.63) is 77.5 Å². The number of carbonyl (C=O) groups is 2. The summed E-state index contributed by atoms with van der Waals surface area (Å²) in [5.41, 5.74) is 2.32. The van der Waals surface area contributed by atoms with Gasteiger partial charge in [-0.05, 0) is 25.0 Å². The van der Waals surface area contributed by atoms with Crippen molar-refractivity contribution in [2.45, 2.75) is 32.2 Å². The highest BCUT2D eigenvalue weighted by Crippen LogP contribution is 2.19. The number of aromatic nitrogens is 1. The first-order valence-electron chi connectivity index (χ1n) is 10.4. The normalized spacial score (nSPS) is 11.4. The molecule has 0 saturated carbocycles. The van der Waals surface area contributed by atoms with Gasteiger partial charge in [-0.3, -0.25) is 9.59 Å². The highest BCUT2D eigenvalue weighted by Gasteiger charge is 2.15. The van der Waals surface area contributed by atoms with Gasteiger partial charge < -0.3 is 15.2 Å². The first-order valence-corrected chi connectivity index (χ1v) is 12.0. The van der Waals surface area contributed by atoms with Crippen LogP contribution in [0, 0.1) is 0 Å². The molecule has 0 unspecified atom stereocenters. The summed E-state index contributed by atoms with van der Waals surface area (Å²) in [6, 6.07) is 17.5. The van der Waals surface area contributed by atoms with Crippen LogP contribution >= 0.6 is 0 Å². The van der Waals surface area contributed by atoms with Crippen molar-refractivity contribution in [3.8, 4) is 11.3 Å². The van der Waals surface area contributed by atoms with E-state index in [1.54, 1.807) is 38.1 Å². The Kier molecular flexibility index (Phi) is 7.96. The highest BCUT2D eigenvalue weighted by atomic mass is 32.2. The zero-order chi connectivity index (χ0) is 23.8. The molecule has 0 aliphatic rings. The molecule has 0 spiro atoms. The number of nitrogens with one attached hydrogen (secondary N) is 3. The first-order chi connectivity index (χ1) is 15.7. The summed E-state index contributed by atoms with van der Waals surface area (Å²) in [7, 11) is -3.40. The van der Waals surface area contributed by atoms with Crippen LogP contribution in [0.2, 0.25) is 0 Å². The Balaban J connectivity index is 1.44. The number of nitrogens with zero attached hydrogens (tertiary/aromatic N) is 1. The minimum Gasteiger partial charge on any atom is -0.355 e. The van der Waals surface area contributed by atoms with Gasteiger partial charge in [0.25, 0.3) is 5.91 Å². The van der Waals surface area contributed by atoms with Crippen LogP contribution < -0.4 is 15.4 Å². The predicted molar refractivity (Wildman–Crippen MR) is 123 cm³/mol. The van der Waals surface area contributed by atoms with Gasteiger partial charge in [-0.15, -0.1) is 0 Å². The molecule has 3 aromatic rings. The zero-order valence-corrected chi connectivity index (χ0v) is 19.2. The van der Waals surface area contributed by atoms with E-state index in [-0.39, 0.29) is 36.5 Å². The molecule has 0 aliphatic carbocycles. The second-order valence-electron chi connectivity index (χ2n) is 7.75. The molecule has 0 aliphatic heterocycles. The molecule has 0 bridgehead atoms. The number of hydrogen-bond acceptors (Lipinski definition) is 6. The second kappa shape index (κ2) is 10.9. The molecular weight excluding hydrogens is 444 g/mol. The Bertz CT molecular complexity index is 1190. The van der Waals surface area contributed by atoms with E-state index in [1.807, 2.05) is 30.3 Å². The smallest absolute Gasteiger partial charge is 0.273 e. The standard InChI is InChI=1S/C23H26N4O5S/c1-16(2)27-33(30,31)15-18-10-8-17(9-11-18)13-24-22(28)14-25-23(29)20-12-21(32-26-20)19-6-4-3-5-7-19/h3-12,16,27H,13-15H2,1-2H3,(H,24,28)(H,25,29). The summed E-state index contributed by atoms with van der Waals surface area (Å²) >= 11 is 0. The van der Waals surface area contributed by atoms with Crippen LogP contribution in [0.4, 0.5) is 0 Å². The van der Waals surface area contributed by atoms with Crippen molar-refractivity contribution in [3.63, 3.8) is 0 Å². The minimum absolute atomic E-state index is 0.0825. The molecule has 1 heterocycles. The van der Waals surface area contributed by atoms with Gasteiger partial charge in [0.2, 0.25) is 15.9 Å². The van der Waals surface area contributed by atoms with E-state index in [0.717, 1.165) is 11.1 Å². The van der Waals surface area contributed by atoms with E-state index in [0.29, 0.717) is 11.3 Å². The molecule has 0 radical (unpaired) electrons. The predicted octanol–water partition coefficient (Wildman–Crippen LogP) is 2.22. The summed E-state index contributed by atoms with van der Waals surface area (Å²) in [4.78, 5) is 24.3. The van der Waals surface area contributed by atoms with Crippen molar-refractivity contribution in [1.82, 2.24) is 20.5 Å². The Morgan fingerprint density at radius 3 is 2.30 bits per heavy atom. The molecule has 10 heteroatoms. The van der Waals surface area contributed by atoms with Crippen LogP contribution in [0.5, 0.6) is 0 Å². The van der Waals surface area contributed by atoms with E-state index >= 15 is 0 Å². The lowest BCUT2D eigenvalue weighted by atomic mass is 10.1. The number of sulfonamides is 1. The third-order valence-electron chi connectivity index (χ3n) is 4.50. The Labute approximate surface area is 192 Å². The molecule has 0 fully saturated rings. The molecule has 3 N–H and O–H groups in total. The lowest BCUT2D eigenvalue weighted by molar-refractivity contribution is -0.120. The Morgan fingerprint density at radius 1 is 0.970 bits per heavy atom. The van der Waals surface area contributed by atoms with E-state index < -0.39 is 15.9 Å². The number of benzene rings is 2.